The molecule has 31 heavy (non-hydrogen) atoms. The Balaban J connectivity index is 1.98. The zero-order valence-corrected chi connectivity index (χ0v) is 18.3. The zero-order chi connectivity index (χ0) is 22.9. The van der Waals surface area contributed by atoms with Crippen LogP contribution in [0.4, 0.5) is 11.4 Å². The fourth-order valence-corrected chi connectivity index (χ4v) is 3.79. The summed E-state index contributed by atoms with van der Waals surface area (Å²) in [4.78, 5) is 52.1. The molecule has 10 heteroatoms. The number of nitro benzene ring substituents is 1. The molecule has 0 bridgehead atoms. The van der Waals surface area contributed by atoms with Crippen molar-refractivity contribution in [1.29, 1.82) is 0 Å². The van der Waals surface area contributed by atoms with Crippen LogP contribution >= 0.6 is 23.2 Å². The Hall–Kier alpha value is -2.97. The third kappa shape index (κ3) is 4.40. The van der Waals surface area contributed by atoms with E-state index in [1.54, 1.807) is 31.2 Å². The number of benzene rings is 2. The molecule has 2 aromatic rings. The van der Waals surface area contributed by atoms with E-state index in [2.05, 4.69) is 0 Å². The number of amides is 3. The number of halogens is 2. The average molecular weight is 464 g/mol. The van der Waals surface area contributed by atoms with Gasteiger partial charge in [-0.25, -0.2) is 4.90 Å². The van der Waals surface area contributed by atoms with Crippen LogP contribution in [0.3, 0.4) is 0 Å². The van der Waals surface area contributed by atoms with E-state index in [0.29, 0.717) is 17.1 Å². The topological polar surface area (TPSA) is 101 Å². The number of nitro groups is 1. The monoisotopic (exact) mass is 463 g/mol. The molecule has 0 aromatic heterocycles. The van der Waals surface area contributed by atoms with Gasteiger partial charge in [-0.05, 0) is 49.7 Å². The third-order valence-corrected chi connectivity index (χ3v) is 5.80. The van der Waals surface area contributed by atoms with Gasteiger partial charge in [0.2, 0.25) is 5.91 Å². The molecule has 3 amide bonds. The molecule has 2 atom stereocenters. The summed E-state index contributed by atoms with van der Waals surface area (Å²) < 4.78 is 0. The van der Waals surface area contributed by atoms with E-state index in [1.165, 1.54) is 17.0 Å². The van der Waals surface area contributed by atoms with Gasteiger partial charge in [0.25, 0.3) is 17.5 Å². The second-order valence-electron chi connectivity index (χ2n) is 7.16. The molecule has 1 fully saturated rings. The van der Waals surface area contributed by atoms with Gasteiger partial charge < -0.3 is 4.90 Å². The van der Waals surface area contributed by atoms with Crippen molar-refractivity contribution in [2.24, 2.45) is 0 Å². The molecule has 8 nitrogen and oxygen atoms in total. The van der Waals surface area contributed by atoms with E-state index in [9.17, 15) is 24.5 Å². The molecule has 1 saturated heterocycles. The lowest BCUT2D eigenvalue weighted by Gasteiger charge is -2.33. The van der Waals surface area contributed by atoms with Crippen molar-refractivity contribution >= 4 is 52.3 Å². The van der Waals surface area contributed by atoms with E-state index in [4.69, 9.17) is 23.2 Å². The van der Waals surface area contributed by atoms with Crippen molar-refractivity contribution in [2.75, 3.05) is 4.90 Å². The number of hydrogen-bond acceptors (Lipinski definition) is 5. The van der Waals surface area contributed by atoms with Crippen LogP contribution in [0.1, 0.15) is 37.0 Å². The van der Waals surface area contributed by atoms with Gasteiger partial charge >= 0.3 is 0 Å². The normalized spacial score (nSPS) is 17.0. The lowest BCUT2D eigenvalue weighted by atomic mass is 10.1. The number of hydrogen-bond donors (Lipinski definition) is 0. The molecule has 0 saturated carbocycles. The minimum atomic E-state index is -1.03. The Kier molecular flexibility index (Phi) is 6.62. The molecule has 162 valence electrons. The molecule has 0 aliphatic carbocycles. The van der Waals surface area contributed by atoms with Gasteiger partial charge in [0.1, 0.15) is 11.1 Å². The fourth-order valence-electron chi connectivity index (χ4n) is 3.47. The van der Waals surface area contributed by atoms with Gasteiger partial charge in [-0.3, -0.25) is 24.5 Å². The predicted molar refractivity (Wildman–Crippen MR) is 116 cm³/mol. The van der Waals surface area contributed by atoms with Gasteiger partial charge in [-0.15, -0.1) is 0 Å². The van der Waals surface area contributed by atoms with Gasteiger partial charge in [0.05, 0.1) is 17.0 Å². The second kappa shape index (κ2) is 9.03. The fraction of sp³-hybridized carbons (Fsp3) is 0.286. The number of anilines is 1. The largest absolute Gasteiger partial charge is 0.323 e. The van der Waals surface area contributed by atoms with E-state index >= 15 is 0 Å². The molecule has 1 heterocycles. The van der Waals surface area contributed by atoms with Crippen LogP contribution in [0, 0.1) is 10.1 Å². The number of carbonyl (C=O) groups is 3. The van der Waals surface area contributed by atoms with Crippen LogP contribution in [-0.4, -0.2) is 39.6 Å². The van der Waals surface area contributed by atoms with Crippen LogP contribution in [0.15, 0.2) is 42.5 Å². The van der Waals surface area contributed by atoms with E-state index in [0.717, 1.165) is 11.0 Å². The van der Waals surface area contributed by atoms with Crippen LogP contribution in [0.25, 0.3) is 0 Å². The van der Waals surface area contributed by atoms with Crippen molar-refractivity contribution in [1.82, 2.24) is 4.90 Å². The van der Waals surface area contributed by atoms with Gasteiger partial charge in [-0.1, -0.05) is 30.1 Å². The number of nitrogens with zero attached hydrogens (tertiary/aromatic N) is 3. The number of carbonyl (C=O) groups excluding carboxylic acids is 3. The van der Waals surface area contributed by atoms with E-state index < -0.39 is 40.4 Å². The van der Waals surface area contributed by atoms with Crippen molar-refractivity contribution in [3.8, 4) is 0 Å². The number of rotatable bonds is 6. The van der Waals surface area contributed by atoms with Crippen LogP contribution in [-0.2, 0) is 9.59 Å². The Labute approximate surface area is 188 Å². The molecule has 1 aliphatic heterocycles. The smallest absolute Gasteiger partial charge is 0.288 e. The molecule has 0 spiro atoms. The Bertz CT molecular complexity index is 1060. The van der Waals surface area contributed by atoms with Gasteiger partial charge in [0.15, 0.2) is 0 Å². The third-order valence-electron chi connectivity index (χ3n) is 5.23. The maximum absolute atomic E-state index is 13.3. The molecule has 3 rings (SSSR count). The lowest BCUT2D eigenvalue weighted by Crippen LogP contribution is -2.49. The quantitative estimate of drug-likeness (QED) is 0.357. The lowest BCUT2D eigenvalue weighted by molar-refractivity contribution is -0.384. The summed E-state index contributed by atoms with van der Waals surface area (Å²) in [5, 5.41) is 11.6. The Morgan fingerprint density at radius 1 is 1.23 bits per heavy atom. The van der Waals surface area contributed by atoms with Crippen LogP contribution in [0.5, 0.6) is 0 Å². The number of imide groups is 1. The highest BCUT2D eigenvalue weighted by Gasteiger charge is 2.45. The second-order valence-corrected chi connectivity index (χ2v) is 8.00. The summed E-state index contributed by atoms with van der Waals surface area (Å²) in [6.07, 6.45) is 0.327. The summed E-state index contributed by atoms with van der Waals surface area (Å²) in [7, 11) is 0. The highest BCUT2D eigenvalue weighted by Crippen LogP contribution is 2.31. The first-order valence-electron chi connectivity index (χ1n) is 9.54. The highest BCUT2D eigenvalue weighted by molar-refractivity contribution is 6.33. The minimum absolute atomic E-state index is 0.0154. The molecule has 2 aromatic carbocycles. The van der Waals surface area contributed by atoms with Crippen molar-refractivity contribution in [2.45, 2.75) is 38.8 Å². The molecular formula is C21H19Cl2N3O5. The zero-order valence-electron chi connectivity index (χ0n) is 16.7. The SMILES string of the molecule is CCC(C)N(C(=O)c1ccc(Cl)c([N+](=O)[O-])c1)C1CC(=O)N(c2ccc(Cl)cc2)C1=O. The standard InChI is InChI=1S/C21H19Cl2N3O5/c1-3-12(2)24(20(28)13-4-9-16(23)17(10-13)26(30)31)18-11-19(27)25(21(18)29)15-7-5-14(22)6-8-15/h4-10,12,18H,3,11H2,1-2H3. The maximum Gasteiger partial charge on any atom is 0.288 e. The molecule has 0 radical (unpaired) electrons. The predicted octanol–water partition coefficient (Wildman–Crippen LogP) is 4.47. The molecule has 2 unspecified atom stereocenters. The molecule has 1 aliphatic rings. The van der Waals surface area contributed by atoms with Crippen molar-refractivity contribution in [3.05, 3.63) is 68.2 Å². The first-order valence-corrected chi connectivity index (χ1v) is 10.3. The highest BCUT2D eigenvalue weighted by atomic mass is 35.5. The van der Waals surface area contributed by atoms with Crippen molar-refractivity contribution < 1.29 is 19.3 Å². The Morgan fingerprint density at radius 3 is 2.45 bits per heavy atom. The minimum Gasteiger partial charge on any atom is -0.323 e. The summed E-state index contributed by atoms with van der Waals surface area (Å²) >= 11 is 11.7. The summed E-state index contributed by atoms with van der Waals surface area (Å²) in [5.74, 6) is -1.57. The molecule has 0 N–H and O–H groups in total. The van der Waals surface area contributed by atoms with Crippen LogP contribution in [0.2, 0.25) is 10.0 Å². The first kappa shape index (κ1) is 22.7. The maximum atomic E-state index is 13.3. The van der Waals surface area contributed by atoms with Gasteiger partial charge in [0, 0.05) is 22.7 Å². The summed E-state index contributed by atoms with van der Waals surface area (Å²) in [5.41, 5.74) is -0.0320. The van der Waals surface area contributed by atoms with Gasteiger partial charge in [-0.2, -0.15) is 0 Å². The van der Waals surface area contributed by atoms with E-state index in [-0.39, 0.29) is 17.0 Å². The Morgan fingerprint density at radius 2 is 1.87 bits per heavy atom. The van der Waals surface area contributed by atoms with Crippen LogP contribution < -0.4 is 4.90 Å². The first-order chi connectivity index (χ1) is 14.6. The molecular weight excluding hydrogens is 445 g/mol. The summed E-state index contributed by atoms with van der Waals surface area (Å²) in [6.45, 7) is 3.60. The van der Waals surface area contributed by atoms with E-state index in [1.807, 2.05) is 6.92 Å². The van der Waals surface area contributed by atoms with Crippen molar-refractivity contribution in [3.63, 3.8) is 0 Å². The summed E-state index contributed by atoms with van der Waals surface area (Å²) in [6, 6.07) is 8.53. The average Bonchev–Trinajstić information content (AvgIpc) is 3.02.